The van der Waals surface area contributed by atoms with Crippen LogP contribution in [0.4, 0.5) is 10.8 Å². The molecule has 30 heavy (non-hydrogen) atoms. The van der Waals surface area contributed by atoms with Crippen LogP contribution in [0.3, 0.4) is 0 Å². The number of thiazole rings is 1. The standard InChI is InChI=1S/C21H19ClN4O3S/c1-12-8-14(2-3-16(12)22)29-10-13-9-18(28)15-4-5-23-20(19(15)25-13)17-11-30-21(26-17)24-6-7-27/h2-5,8,11,27H,6-7,9-10H2,1H3,(H,24,26). The number of pyridine rings is 1. The van der Waals surface area contributed by atoms with Gasteiger partial charge >= 0.3 is 0 Å². The average Bonchev–Trinajstić information content (AvgIpc) is 3.21. The molecule has 0 radical (unpaired) electrons. The summed E-state index contributed by atoms with van der Waals surface area (Å²) in [6.07, 6.45) is 1.79. The van der Waals surface area contributed by atoms with Crippen LogP contribution in [-0.2, 0) is 0 Å². The van der Waals surface area contributed by atoms with Gasteiger partial charge in [0.1, 0.15) is 29.4 Å². The Bertz CT molecular complexity index is 1130. The van der Waals surface area contributed by atoms with Crippen molar-refractivity contribution < 1.29 is 14.6 Å². The van der Waals surface area contributed by atoms with Crippen molar-refractivity contribution >= 4 is 45.3 Å². The van der Waals surface area contributed by atoms with E-state index < -0.39 is 0 Å². The molecule has 2 N–H and O–H groups in total. The van der Waals surface area contributed by atoms with Crippen molar-refractivity contribution in [1.29, 1.82) is 0 Å². The summed E-state index contributed by atoms with van der Waals surface area (Å²) in [5.41, 5.74) is 3.77. The van der Waals surface area contributed by atoms with Gasteiger partial charge in [0, 0.05) is 28.7 Å². The fraction of sp³-hybridized carbons (Fsp3) is 0.238. The molecule has 1 aliphatic rings. The van der Waals surface area contributed by atoms with Crippen molar-refractivity contribution in [3.05, 3.63) is 52.0 Å². The molecule has 0 atom stereocenters. The normalized spacial score (nSPS) is 13.0. The van der Waals surface area contributed by atoms with Crippen LogP contribution in [0.15, 0.2) is 40.8 Å². The second kappa shape index (κ2) is 8.91. The summed E-state index contributed by atoms with van der Waals surface area (Å²) in [7, 11) is 0. The van der Waals surface area contributed by atoms with Crippen molar-refractivity contribution in [2.24, 2.45) is 4.99 Å². The molecular formula is C21H19ClN4O3S. The van der Waals surface area contributed by atoms with Crippen molar-refractivity contribution in [3.8, 4) is 17.1 Å². The number of ether oxygens (including phenoxy) is 1. The number of aryl methyl sites for hydroxylation is 1. The van der Waals surface area contributed by atoms with E-state index in [1.165, 1.54) is 11.3 Å². The largest absolute Gasteiger partial charge is 0.488 e. The lowest BCUT2D eigenvalue weighted by atomic mass is 9.99. The first-order valence-electron chi connectivity index (χ1n) is 9.33. The number of Topliss-reactive ketones (excluding diaryl/α,β-unsaturated/α-hetero) is 1. The van der Waals surface area contributed by atoms with Crippen LogP contribution in [0.25, 0.3) is 11.4 Å². The summed E-state index contributed by atoms with van der Waals surface area (Å²) in [4.78, 5) is 26.3. The molecule has 7 nitrogen and oxygen atoms in total. The molecule has 2 aromatic heterocycles. The van der Waals surface area contributed by atoms with Crippen LogP contribution < -0.4 is 10.1 Å². The van der Waals surface area contributed by atoms with Gasteiger partial charge in [-0.2, -0.15) is 0 Å². The lowest BCUT2D eigenvalue weighted by Gasteiger charge is -2.17. The maximum atomic E-state index is 12.7. The Morgan fingerprint density at radius 2 is 2.20 bits per heavy atom. The van der Waals surface area contributed by atoms with E-state index in [0.717, 1.165) is 5.56 Å². The zero-order valence-corrected chi connectivity index (χ0v) is 17.8. The minimum Gasteiger partial charge on any atom is -0.488 e. The van der Waals surface area contributed by atoms with Crippen LogP contribution in [0, 0.1) is 6.92 Å². The van der Waals surface area contributed by atoms with E-state index >= 15 is 0 Å². The number of benzene rings is 1. The first-order chi connectivity index (χ1) is 14.5. The third kappa shape index (κ3) is 4.35. The quantitative estimate of drug-likeness (QED) is 0.566. The third-order valence-electron chi connectivity index (χ3n) is 4.53. The molecule has 1 aliphatic heterocycles. The fourth-order valence-corrected chi connectivity index (χ4v) is 3.88. The highest BCUT2D eigenvalue weighted by Crippen LogP contribution is 2.36. The Balaban J connectivity index is 1.60. The number of rotatable bonds is 7. The Labute approximate surface area is 182 Å². The number of carbonyl (C=O) groups is 1. The van der Waals surface area contributed by atoms with Gasteiger partial charge < -0.3 is 15.2 Å². The zero-order valence-electron chi connectivity index (χ0n) is 16.2. The van der Waals surface area contributed by atoms with Gasteiger partial charge in [0.05, 0.1) is 18.7 Å². The van der Waals surface area contributed by atoms with Gasteiger partial charge in [-0.15, -0.1) is 11.3 Å². The second-order valence-electron chi connectivity index (χ2n) is 6.72. The van der Waals surface area contributed by atoms with Crippen LogP contribution >= 0.6 is 22.9 Å². The lowest BCUT2D eigenvalue weighted by molar-refractivity contribution is 0.0998. The summed E-state index contributed by atoms with van der Waals surface area (Å²) in [5.74, 6) is 0.645. The Hall–Kier alpha value is -2.81. The average molecular weight is 443 g/mol. The summed E-state index contributed by atoms with van der Waals surface area (Å²) < 4.78 is 5.83. The first kappa shape index (κ1) is 20.5. The van der Waals surface area contributed by atoms with E-state index in [4.69, 9.17) is 21.4 Å². The number of aromatic nitrogens is 2. The highest BCUT2D eigenvalue weighted by molar-refractivity contribution is 7.14. The molecule has 0 bridgehead atoms. The molecule has 0 fully saturated rings. The van der Waals surface area contributed by atoms with Crippen molar-refractivity contribution in [3.63, 3.8) is 0 Å². The van der Waals surface area contributed by atoms with Crippen LogP contribution in [0.5, 0.6) is 5.75 Å². The zero-order chi connectivity index (χ0) is 21.1. The highest BCUT2D eigenvalue weighted by atomic mass is 35.5. The molecule has 3 heterocycles. The number of anilines is 1. The number of hydrogen-bond donors (Lipinski definition) is 2. The predicted octanol–water partition coefficient (Wildman–Crippen LogP) is 4.31. The molecule has 0 aliphatic carbocycles. The van der Waals surface area contributed by atoms with Crippen molar-refractivity contribution in [2.45, 2.75) is 13.3 Å². The van der Waals surface area contributed by atoms with E-state index in [1.807, 2.05) is 18.4 Å². The molecule has 0 saturated heterocycles. The molecular weight excluding hydrogens is 424 g/mol. The summed E-state index contributed by atoms with van der Waals surface area (Å²) in [6.45, 7) is 2.53. The topological polar surface area (TPSA) is 96.7 Å². The third-order valence-corrected chi connectivity index (χ3v) is 5.75. The SMILES string of the molecule is Cc1cc(OCC2=Nc3c(ccnc3-c3csc(NCCO)n3)C(=O)C2)ccc1Cl. The van der Waals surface area contributed by atoms with E-state index in [2.05, 4.69) is 20.3 Å². The number of nitrogens with zero attached hydrogens (tertiary/aromatic N) is 3. The first-order valence-corrected chi connectivity index (χ1v) is 10.6. The number of carbonyl (C=O) groups excluding carboxylic acids is 1. The Kier molecular flexibility index (Phi) is 6.08. The molecule has 1 aromatic carbocycles. The predicted molar refractivity (Wildman–Crippen MR) is 119 cm³/mol. The number of aliphatic hydroxyl groups is 1. The van der Waals surface area contributed by atoms with Gasteiger partial charge in [-0.3, -0.25) is 14.8 Å². The molecule has 9 heteroatoms. The van der Waals surface area contributed by atoms with E-state index in [1.54, 1.807) is 24.4 Å². The molecule has 0 amide bonds. The summed E-state index contributed by atoms with van der Waals surface area (Å²) in [6, 6.07) is 7.10. The molecule has 0 saturated carbocycles. The number of fused-ring (bicyclic) bond motifs is 1. The number of aliphatic hydroxyl groups excluding tert-OH is 1. The fourth-order valence-electron chi connectivity index (χ4n) is 3.04. The number of aliphatic imine (C=N–C) groups is 1. The molecule has 0 unspecified atom stereocenters. The maximum Gasteiger partial charge on any atom is 0.183 e. The monoisotopic (exact) mass is 442 g/mol. The highest BCUT2D eigenvalue weighted by Gasteiger charge is 2.25. The smallest absolute Gasteiger partial charge is 0.183 e. The summed E-state index contributed by atoms with van der Waals surface area (Å²) >= 11 is 7.46. The number of halogens is 1. The number of nitrogens with one attached hydrogen (secondary N) is 1. The Morgan fingerprint density at radius 1 is 1.33 bits per heavy atom. The molecule has 4 rings (SSSR count). The summed E-state index contributed by atoms with van der Waals surface area (Å²) in [5, 5.41) is 15.2. The maximum absolute atomic E-state index is 12.7. The van der Waals surface area contributed by atoms with Gasteiger partial charge in [0.15, 0.2) is 10.9 Å². The van der Waals surface area contributed by atoms with E-state index in [0.29, 0.717) is 50.8 Å². The van der Waals surface area contributed by atoms with Gasteiger partial charge in [-0.25, -0.2) is 4.98 Å². The number of hydrogen-bond acceptors (Lipinski definition) is 8. The van der Waals surface area contributed by atoms with E-state index in [9.17, 15) is 4.79 Å². The van der Waals surface area contributed by atoms with Gasteiger partial charge in [0.25, 0.3) is 0 Å². The van der Waals surface area contributed by atoms with Crippen LogP contribution in [-0.4, -0.2) is 46.3 Å². The molecule has 3 aromatic rings. The number of ketones is 1. The minimum absolute atomic E-state index is 0.0171. The van der Waals surface area contributed by atoms with Gasteiger partial charge in [-0.1, -0.05) is 11.6 Å². The van der Waals surface area contributed by atoms with Gasteiger partial charge in [0.2, 0.25) is 0 Å². The second-order valence-corrected chi connectivity index (χ2v) is 7.99. The van der Waals surface area contributed by atoms with Crippen molar-refractivity contribution in [1.82, 2.24) is 9.97 Å². The Morgan fingerprint density at radius 3 is 3.00 bits per heavy atom. The van der Waals surface area contributed by atoms with Crippen LogP contribution in [0.1, 0.15) is 22.3 Å². The molecule has 0 spiro atoms. The molecule has 154 valence electrons. The van der Waals surface area contributed by atoms with Crippen LogP contribution in [0.2, 0.25) is 5.02 Å². The minimum atomic E-state index is -0.0246. The van der Waals surface area contributed by atoms with Crippen molar-refractivity contribution in [2.75, 3.05) is 25.1 Å². The lowest BCUT2D eigenvalue weighted by Crippen LogP contribution is -2.20. The van der Waals surface area contributed by atoms with E-state index in [-0.39, 0.29) is 25.4 Å². The van der Waals surface area contributed by atoms with Gasteiger partial charge in [-0.05, 0) is 36.8 Å².